The van der Waals surface area contributed by atoms with Gasteiger partial charge in [0.2, 0.25) is 5.95 Å². The number of ether oxygens (including phenoxy) is 1. The lowest BCUT2D eigenvalue weighted by molar-refractivity contribution is 0.0526. The number of carbonyl (C=O) groups is 2. The highest BCUT2D eigenvalue weighted by molar-refractivity contribution is 6.04. The molecule has 0 bridgehead atoms. The highest BCUT2D eigenvalue weighted by atomic mass is 16.5. The van der Waals surface area contributed by atoms with Crippen LogP contribution < -0.4 is 10.6 Å². The molecule has 0 fully saturated rings. The van der Waals surface area contributed by atoms with E-state index in [9.17, 15) is 9.59 Å². The molecule has 2 N–H and O–H groups in total. The summed E-state index contributed by atoms with van der Waals surface area (Å²) in [5.41, 5.74) is 2.50. The Morgan fingerprint density at radius 1 is 0.966 bits per heavy atom. The number of anilines is 3. The van der Waals surface area contributed by atoms with Crippen molar-refractivity contribution in [3.8, 4) is 6.07 Å². The number of nitrogens with zero attached hydrogens (tertiary/aromatic N) is 3. The maximum atomic E-state index is 12.3. The van der Waals surface area contributed by atoms with E-state index in [-0.39, 0.29) is 11.5 Å². The zero-order chi connectivity index (χ0) is 20.6. The molecule has 1 heterocycles. The molecule has 0 spiro atoms. The number of carbonyl (C=O) groups excluding carboxylic acids is 2. The number of esters is 1. The number of hydrogen-bond acceptors (Lipinski definition) is 7. The number of nitrogens with one attached hydrogen (secondary N) is 2. The van der Waals surface area contributed by atoms with Crippen LogP contribution in [0, 0.1) is 11.3 Å². The highest BCUT2D eigenvalue weighted by Gasteiger charge is 2.10. The van der Waals surface area contributed by atoms with Gasteiger partial charge in [-0.3, -0.25) is 4.79 Å². The third kappa shape index (κ3) is 5.14. The van der Waals surface area contributed by atoms with Gasteiger partial charge in [0.25, 0.3) is 5.91 Å². The van der Waals surface area contributed by atoms with E-state index in [1.54, 1.807) is 55.5 Å². The third-order valence-electron chi connectivity index (χ3n) is 3.84. The molecule has 144 valence electrons. The lowest BCUT2D eigenvalue weighted by Gasteiger charge is -2.07. The van der Waals surface area contributed by atoms with Crippen LogP contribution in [0.4, 0.5) is 17.3 Å². The Morgan fingerprint density at radius 3 is 2.17 bits per heavy atom. The molecule has 3 aromatic rings. The third-order valence-corrected chi connectivity index (χ3v) is 3.84. The Kier molecular flexibility index (Phi) is 6.12. The molecule has 0 aliphatic heterocycles. The van der Waals surface area contributed by atoms with Gasteiger partial charge in [0.05, 0.1) is 29.4 Å². The molecule has 0 atom stereocenters. The molecule has 0 radical (unpaired) electrons. The predicted octanol–water partition coefficient (Wildman–Crippen LogP) is 3.52. The molecule has 1 aromatic heterocycles. The Hall–Kier alpha value is -4.25. The van der Waals surface area contributed by atoms with Crippen LogP contribution in [0.2, 0.25) is 0 Å². The minimum absolute atomic E-state index is 0.282. The summed E-state index contributed by atoms with van der Waals surface area (Å²) >= 11 is 0. The van der Waals surface area contributed by atoms with Crippen LogP contribution in [0.3, 0.4) is 0 Å². The molecule has 29 heavy (non-hydrogen) atoms. The summed E-state index contributed by atoms with van der Waals surface area (Å²) in [6.07, 6.45) is 2.81. The summed E-state index contributed by atoms with van der Waals surface area (Å²) in [7, 11) is 0. The average molecular weight is 387 g/mol. The van der Waals surface area contributed by atoms with Gasteiger partial charge in [-0.1, -0.05) is 0 Å². The van der Waals surface area contributed by atoms with Crippen molar-refractivity contribution >= 4 is 29.2 Å². The molecule has 8 nitrogen and oxygen atoms in total. The molecule has 0 unspecified atom stereocenters. The second-order valence-corrected chi connectivity index (χ2v) is 5.86. The molecular weight excluding hydrogens is 370 g/mol. The van der Waals surface area contributed by atoms with Crippen LogP contribution in [0.1, 0.15) is 33.2 Å². The van der Waals surface area contributed by atoms with Gasteiger partial charge in [-0.25, -0.2) is 14.8 Å². The minimum Gasteiger partial charge on any atom is -0.462 e. The first-order chi connectivity index (χ1) is 14.1. The van der Waals surface area contributed by atoms with E-state index in [0.29, 0.717) is 29.4 Å². The van der Waals surface area contributed by atoms with Crippen molar-refractivity contribution < 1.29 is 14.3 Å². The molecule has 1 amide bonds. The van der Waals surface area contributed by atoms with E-state index in [1.165, 1.54) is 12.4 Å². The summed E-state index contributed by atoms with van der Waals surface area (Å²) in [5, 5.41) is 14.5. The van der Waals surface area contributed by atoms with Crippen LogP contribution in [-0.2, 0) is 4.74 Å². The summed E-state index contributed by atoms with van der Waals surface area (Å²) in [4.78, 5) is 32.2. The van der Waals surface area contributed by atoms with Gasteiger partial charge in [0, 0.05) is 23.8 Å². The fourth-order valence-corrected chi connectivity index (χ4v) is 2.37. The number of benzene rings is 2. The fraction of sp³-hybridized carbons (Fsp3) is 0.0952. The molecule has 0 saturated carbocycles. The van der Waals surface area contributed by atoms with Gasteiger partial charge in [0.15, 0.2) is 0 Å². The first kappa shape index (κ1) is 19.5. The van der Waals surface area contributed by atoms with E-state index >= 15 is 0 Å². The van der Waals surface area contributed by atoms with Crippen LogP contribution in [0.15, 0.2) is 60.9 Å². The second kappa shape index (κ2) is 9.10. The van der Waals surface area contributed by atoms with Gasteiger partial charge in [0.1, 0.15) is 0 Å². The molecule has 0 aliphatic carbocycles. The molecular formula is C21H17N5O3. The van der Waals surface area contributed by atoms with Crippen molar-refractivity contribution in [3.63, 3.8) is 0 Å². The van der Waals surface area contributed by atoms with Crippen molar-refractivity contribution in [2.24, 2.45) is 0 Å². The largest absolute Gasteiger partial charge is 0.462 e. The Balaban J connectivity index is 1.61. The van der Waals surface area contributed by atoms with Crippen LogP contribution in [0.5, 0.6) is 0 Å². The van der Waals surface area contributed by atoms with Gasteiger partial charge < -0.3 is 15.4 Å². The zero-order valence-corrected chi connectivity index (χ0v) is 15.5. The summed E-state index contributed by atoms with van der Waals surface area (Å²) in [5.74, 6) is -0.465. The summed E-state index contributed by atoms with van der Waals surface area (Å²) < 4.78 is 4.92. The molecule has 0 saturated heterocycles. The van der Waals surface area contributed by atoms with Gasteiger partial charge >= 0.3 is 5.97 Å². The van der Waals surface area contributed by atoms with E-state index < -0.39 is 5.97 Å². The molecule has 8 heteroatoms. The second-order valence-electron chi connectivity index (χ2n) is 5.86. The van der Waals surface area contributed by atoms with E-state index in [1.807, 2.05) is 6.07 Å². The fourth-order valence-electron chi connectivity index (χ4n) is 2.37. The van der Waals surface area contributed by atoms with Crippen molar-refractivity contribution in [3.05, 3.63) is 77.6 Å². The van der Waals surface area contributed by atoms with Crippen LogP contribution >= 0.6 is 0 Å². The van der Waals surface area contributed by atoms with E-state index in [0.717, 1.165) is 5.69 Å². The lowest BCUT2D eigenvalue weighted by Crippen LogP contribution is -2.13. The molecule has 2 aromatic carbocycles. The lowest BCUT2D eigenvalue weighted by atomic mass is 10.2. The van der Waals surface area contributed by atoms with Crippen molar-refractivity contribution in [1.29, 1.82) is 5.26 Å². The smallest absolute Gasteiger partial charge is 0.338 e. The number of hydrogen-bond donors (Lipinski definition) is 2. The average Bonchev–Trinajstić information content (AvgIpc) is 2.75. The Labute approximate surface area is 167 Å². The van der Waals surface area contributed by atoms with Crippen molar-refractivity contribution in [2.75, 3.05) is 17.2 Å². The SMILES string of the molecule is CCOC(=O)c1ccc(NC(=O)c2cnc(Nc3ccc(C#N)cc3)nc2)cc1. The number of nitriles is 1. The van der Waals surface area contributed by atoms with Crippen molar-refractivity contribution in [1.82, 2.24) is 9.97 Å². The monoisotopic (exact) mass is 387 g/mol. The first-order valence-electron chi connectivity index (χ1n) is 8.77. The summed E-state index contributed by atoms with van der Waals surface area (Å²) in [6.45, 7) is 2.03. The maximum Gasteiger partial charge on any atom is 0.338 e. The summed E-state index contributed by atoms with van der Waals surface area (Å²) in [6, 6.07) is 15.3. The molecule has 3 rings (SSSR count). The van der Waals surface area contributed by atoms with Crippen LogP contribution in [-0.4, -0.2) is 28.5 Å². The quantitative estimate of drug-likeness (QED) is 0.621. The normalized spacial score (nSPS) is 9.93. The Bertz CT molecular complexity index is 1040. The maximum absolute atomic E-state index is 12.3. The number of rotatable bonds is 6. The number of aromatic nitrogens is 2. The number of amides is 1. The topological polar surface area (TPSA) is 117 Å². The minimum atomic E-state index is -0.413. The predicted molar refractivity (Wildman–Crippen MR) is 107 cm³/mol. The van der Waals surface area contributed by atoms with E-state index in [4.69, 9.17) is 10.00 Å². The van der Waals surface area contributed by atoms with Gasteiger partial charge in [-0.15, -0.1) is 0 Å². The van der Waals surface area contributed by atoms with E-state index in [2.05, 4.69) is 20.6 Å². The zero-order valence-electron chi connectivity index (χ0n) is 15.5. The molecule has 0 aliphatic rings. The Morgan fingerprint density at radius 2 is 1.59 bits per heavy atom. The van der Waals surface area contributed by atoms with Gasteiger partial charge in [-0.05, 0) is 55.5 Å². The van der Waals surface area contributed by atoms with Crippen molar-refractivity contribution in [2.45, 2.75) is 6.92 Å². The standard InChI is InChI=1S/C21H17N5O3/c1-2-29-20(28)15-5-9-17(10-6-15)25-19(27)16-12-23-21(24-13-16)26-18-7-3-14(11-22)4-8-18/h3-10,12-13H,2H2,1H3,(H,25,27)(H,23,24,26). The first-order valence-corrected chi connectivity index (χ1v) is 8.77. The van der Waals surface area contributed by atoms with Crippen LogP contribution in [0.25, 0.3) is 0 Å². The van der Waals surface area contributed by atoms with Gasteiger partial charge in [-0.2, -0.15) is 5.26 Å². The highest BCUT2D eigenvalue weighted by Crippen LogP contribution is 2.15.